The first-order valence-corrected chi connectivity index (χ1v) is 6.70. The van der Waals surface area contributed by atoms with Crippen molar-refractivity contribution in [1.82, 2.24) is 10.1 Å². The lowest BCUT2D eigenvalue weighted by Crippen LogP contribution is -1.82. The molecule has 0 aliphatic rings. The number of aromatic hydroxyl groups is 1. The zero-order valence-electron chi connectivity index (χ0n) is 11.9. The van der Waals surface area contributed by atoms with Gasteiger partial charge in [-0.25, -0.2) is 0 Å². The highest BCUT2D eigenvalue weighted by Crippen LogP contribution is 2.27. The second-order valence-electron chi connectivity index (χ2n) is 4.58. The van der Waals surface area contributed by atoms with Gasteiger partial charge in [0.05, 0.1) is 12.7 Å². The first kappa shape index (κ1) is 13.9. The van der Waals surface area contributed by atoms with Gasteiger partial charge in [-0.05, 0) is 35.9 Å². The van der Waals surface area contributed by atoms with Gasteiger partial charge in [-0.1, -0.05) is 35.5 Å². The molecule has 5 nitrogen and oxygen atoms in total. The Morgan fingerprint density at radius 3 is 2.77 bits per heavy atom. The molecule has 0 aliphatic heterocycles. The van der Waals surface area contributed by atoms with Gasteiger partial charge in [-0.2, -0.15) is 4.98 Å². The summed E-state index contributed by atoms with van der Waals surface area (Å²) in [6.45, 7) is 0. The molecule has 1 heterocycles. The Labute approximate surface area is 127 Å². The first-order chi connectivity index (χ1) is 10.8. The number of benzene rings is 2. The van der Waals surface area contributed by atoms with Gasteiger partial charge >= 0.3 is 0 Å². The Balaban J connectivity index is 1.82. The lowest BCUT2D eigenvalue weighted by atomic mass is 10.2. The van der Waals surface area contributed by atoms with E-state index in [4.69, 9.17) is 9.26 Å². The standard InChI is InChI=1S/C17H14N2O3/c1-21-13-6-4-5-12(11-13)9-10-16-18-17(22-19-16)14-7-2-3-8-15(14)20/h2-11,20H,1H3. The molecule has 0 aliphatic carbocycles. The fraction of sp³-hybridized carbons (Fsp3) is 0.0588. The van der Waals surface area contributed by atoms with Crippen molar-refractivity contribution in [2.45, 2.75) is 0 Å². The Morgan fingerprint density at radius 2 is 1.95 bits per heavy atom. The predicted octanol–water partition coefficient (Wildman–Crippen LogP) is 3.62. The van der Waals surface area contributed by atoms with Crippen molar-refractivity contribution in [2.24, 2.45) is 0 Å². The minimum atomic E-state index is 0.106. The minimum absolute atomic E-state index is 0.106. The number of nitrogens with zero attached hydrogens (tertiary/aromatic N) is 2. The molecule has 0 saturated carbocycles. The highest BCUT2D eigenvalue weighted by molar-refractivity contribution is 5.68. The zero-order valence-corrected chi connectivity index (χ0v) is 11.9. The van der Waals surface area contributed by atoms with Crippen molar-refractivity contribution in [1.29, 1.82) is 0 Å². The summed E-state index contributed by atoms with van der Waals surface area (Å²) in [4.78, 5) is 4.24. The topological polar surface area (TPSA) is 68.4 Å². The second-order valence-corrected chi connectivity index (χ2v) is 4.58. The molecule has 0 amide bonds. The van der Waals surface area contributed by atoms with Gasteiger partial charge in [0.2, 0.25) is 0 Å². The Kier molecular flexibility index (Phi) is 3.87. The molecule has 3 rings (SSSR count). The fourth-order valence-corrected chi connectivity index (χ4v) is 1.98. The van der Waals surface area contributed by atoms with Gasteiger partial charge in [0.25, 0.3) is 5.89 Å². The molecule has 0 spiro atoms. The van der Waals surface area contributed by atoms with Crippen LogP contribution in [0.5, 0.6) is 11.5 Å². The summed E-state index contributed by atoms with van der Waals surface area (Å²) in [7, 11) is 1.63. The molecular formula is C17H14N2O3. The molecule has 0 radical (unpaired) electrons. The predicted molar refractivity (Wildman–Crippen MR) is 83.3 cm³/mol. The molecule has 22 heavy (non-hydrogen) atoms. The Hall–Kier alpha value is -3.08. The summed E-state index contributed by atoms with van der Waals surface area (Å²) < 4.78 is 10.3. The SMILES string of the molecule is COc1cccc(C=Cc2noc(-c3ccccc3O)n2)c1. The van der Waals surface area contributed by atoms with E-state index in [2.05, 4.69) is 10.1 Å². The maximum Gasteiger partial charge on any atom is 0.261 e. The lowest BCUT2D eigenvalue weighted by Gasteiger charge is -1.99. The van der Waals surface area contributed by atoms with E-state index >= 15 is 0 Å². The van der Waals surface area contributed by atoms with Crippen molar-refractivity contribution in [2.75, 3.05) is 7.11 Å². The van der Waals surface area contributed by atoms with Gasteiger partial charge in [-0.15, -0.1) is 0 Å². The third-order valence-electron chi connectivity index (χ3n) is 3.09. The average molecular weight is 294 g/mol. The molecule has 0 unspecified atom stereocenters. The highest BCUT2D eigenvalue weighted by atomic mass is 16.5. The molecule has 110 valence electrons. The molecular weight excluding hydrogens is 280 g/mol. The van der Waals surface area contributed by atoms with Gasteiger partial charge in [0.15, 0.2) is 5.82 Å². The number of hydrogen-bond donors (Lipinski definition) is 1. The number of methoxy groups -OCH3 is 1. The van der Waals surface area contributed by atoms with Gasteiger partial charge in [0.1, 0.15) is 11.5 Å². The van der Waals surface area contributed by atoms with Crippen molar-refractivity contribution < 1.29 is 14.4 Å². The molecule has 0 saturated heterocycles. The molecule has 0 bridgehead atoms. The normalized spacial score (nSPS) is 11.0. The van der Waals surface area contributed by atoms with Crippen LogP contribution in [0.4, 0.5) is 0 Å². The number of ether oxygens (including phenoxy) is 1. The van der Waals surface area contributed by atoms with Crippen molar-refractivity contribution in [3.05, 3.63) is 59.9 Å². The van der Waals surface area contributed by atoms with Crippen molar-refractivity contribution >= 4 is 12.2 Å². The van der Waals surface area contributed by atoms with Gasteiger partial charge in [-0.3, -0.25) is 0 Å². The third kappa shape index (κ3) is 2.98. The summed E-state index contributed by atoms with van der Waals surface area (Å²) >= 11 is 0. The summed E-state index contributed by atoms with van der Waals surface area (Å²) in [5, 5.41) is 13.7. The largest absolute Gasteiger partial charge is 0.507 e. The van der Waals surface area contributed by atoms with Crippen LogP contribution in [-0.4, -0.2) is 22.4 Å². The van der Waals surface area contributed by atoms with Crippen LogP contribution in [-0.2, 0) is 0 Å². The van der Waals surface area contributed by atoms with Crippen LogP contribution in [0.2, 0.25) is 0 Å². The Morgan fingerprint density at radius 1 is 1.09 bits per heavy atom. The quantitative estimate of drug-likeness (QED) is 0.796. The number of hydrogen-bond acceptors (Lipinski definition) is 5. The number of phenols is 1. The lowest BCUT2D eigenvalue weighted by molar-refractivity contribution is 0.414. The maximum absolute atomic E-state index is 9.78. The first-order valence-electron chi connectivity index (χ1n) is 6.70. The van der Waals surface area contributed by atoms with Gasteiger partial charge < -0.3 is 14.4 Å². The molecule has 1 N–H and O–H groups in total. The van der Waals surface area contributed by atoms with Crippen LogP contribution in [0.3, 0.4) is 0 Å². The fourth-order valence-electron chi connectivity index (χ4n) is 1.98. The molecule has 0 atom stereocenters. The number of phenolic OH excluding ortho intramolecular Hbond substituents is 1. The molecule has 0 fully saturated rings. The van der Waals surface area contributed by atoms with E-state index in [1.54, 1.807) is 37.5 Å². The number of para-hydroxylation sites is 1. The summed E-state index contributed by atoms with van der Waals surface area (Å²) in [6.07, 6.45) is 3.60. The van der Waals surface area contributed by atoms with Crippen LogP contribution in [0, 0.1) is 0 Å². The summed E-state index contributed by atoms with van der Waals surface area (Å²) in [5.41, 5.74) is 1.48. The minimum Gasteiger partial charge on any atom is -0.507 e. The molecule has 2 aromatic carbocycles. The number of rotatable bonds is 4. The molecule has 3 aromatic rings. The van der Waals surface area contributed by atoms with E-state index in [1.807, 2.05) is 30.3 Å². The monoisotopic (exact) mass is 294 g/mol. The van der Waals surface area contributed by atoms with Crippen molar-refractivity contribution in [3.8, 4) is 23.0 Å². The Bertz CT molecular complexity index is 809. The van der Waals surface area contributed by atoms with E-state index < -0.39 is 0 Å². The van der Waals surface area contributed by atoms with Crippen LogP contribution in [0.15, 0.2) is 53.1 Å². The van der Waals surface area contributed by atoms with Crippen LogP contribution < -0.4 is 4.74 Å². The average Bonchev–Trinajstić information content (AvgIpc) is 3.02. The maximum atomic E-state index is 9.78. The van der Waals surface area contributed by atoms with Crippen LogP contribution >= 0.6 is 0 Å². The molecule has 1 aromatic heterocycles. The van der Waals surface area contributed by atoms with Crippen LogP contribution in [0.1, 0.15) is 11.4 Å². The highest BCUT2D eigenvalue weighted by Gasteiger charge is 2.10. The smallest absolute Gasteiger partial charge is 0.261 e. The van der Waals surface area contributed by atoms with Crippen molar-refractivity contribution in [3.63, 3.8) is 0 Å². The van der Waals surface area contributed by atoms with Crippen LogP contribution in [0.25, 0.3) is 23.6 Å². The summed E-state index contributed by atoms with van der Waals surface area (Å²) in [6, 6.07) is 14.5. The second kappa shape index (κ2) is 6.13. The van der Waals surface area contributed by atoms with E-state index in [0.29, 0.717) is 11.4 Å². The van der Waals surface area contributed by atoms with E-state index in [9.17, 15) is 5.11 Å². The van der Waals surface area contributed by atoms with E-state index in [-0.39, 0.29) is 11.6 Å². The molecule has 5 heteroatoms. The third-order valence-corrected chi connectivity index (χ3v) is 3.09. The van der Waals surface area contributed by atoms with E-state index in [0.717, 1.165) is 11.3 Å². The zero-order chi connectivity index (χ0) is 15.4. The summed E-state index contributed by atoms with van der Waals surface area (Å²) in [5.74, 6) is 1.60. The van der Waals surface area contributed by atoms with E-state index in [1.165, 1.54) is 0 Å². The van der Waals surface area contributed by atoms with Gasteiger partial charge in [0, 0.05) is 0 Å². The number of aromatic nitrogens is 2.